The van der Waals surface area contributed by atoms with Crippen LogP contribution < -0.4 is 5.06 Å². The molecule has 1 aromatic carbocycles. The molecule has 0 aliphatic carbocycles. The van der Waals surface area contributed by atoms with Crippen LogP contribution >= 0.6 is 0 Å². The SMILES string of the molecule is CCOC(=O)C=Cc1ccc(N(OC)C(C)=O)cc1. The zero-order valence-corrected chi connectivity index (χ0v) is 11.3. The molecule has 0 fully saturated rings. The van der Waals surface area contributed by atoms with Crippen LogP contribution in [0.25, 0.3) is 6.08 Å². The van der Waals surface area contributed by atoms with Gasteiger partial charge >= 0.3 is 5.97 Å². The molecule has 1 aromatic rings. The lowest BCUT2D eigenvalue weighted by Gasteiger charge is -2.17. The summed E-state index contributed by atoms with van der Waals surface area (Å²) in [7, 11) is 1.43. The predicted molar refractivity (Wildman–Crippen MR) is 72.3 cm³/mol. The molecule has 5 heteroatoms. The first-order valence-electron chi connectivity index (χ1n) is 5.88. The predicted octanol–water partition coefficient (Wildman–Crippen LogP) is 2.18. The van der Waals surface area contributed by atoms with E-state index in [-0.39, 0.29) is 11.9 Å². The van der Waals surface area contributed by atoms with E-state index in [1.54, 1.807) is 37.3 Å². The van der Waals surface area contributed by atoms with Gasteiger partial charge in [0.05, 0.1) is 19.4 Å². The summed E-state index contributed by atoms with van der Waals surface area (Å²) in [5.74, 6) is -0.592. The summed E-state index contributed by atoms with van der Waals surface area (Å²) in [5, 5.41) is 1.18. The molecule has 0 radical (unpaired) electrons. The van der Waals surface area contributed by atoms with Gasteiger partial charge in [0.1, 0.15) is 0 Å². The molecule has 0 N–H and O–H groups in total. The van der Waals surface area contributed by atoms with Gasteiger partial charge in [-0.3, -0.25) is 9.63 Å². The van der Waals surface area contributed by atoms with Gasteiger partial charge in [-0.25, -0.2) is 4.79 Å². The highest BCUT2D eigenvalue weighted by Crippen LogP contribution is 2.16. The highest BCUT2D eigenvalue weighted by Gasteiger charge is 2.09. The van der Waals surface area contributed by atoms with E-state index in [1.165, 1.54) is 25.2 Å². The molecule has 0 atom stereocenters. The van der Waals surface area contributed by atoms with Gasteiger partial charge in [0.2, 0.25) is 5.91 Å². The zero-order chi connectivity index (χ0) is 14.3. The Labute approximate surface area is 112 Å². The quantitative estimate of drug-likeness (QED) is 0.464. The van der Waals surface area contributed by atoms with Crippen molar-refractivity contribution in [2.24, 2.45) is 0 Å². The maximum Gasteiger partial charge on any atom is 0.330 e. The summed E-state index contributed by atoms with van der Waals surface area (Å²) in [6, 6.07) is 7.02. The number of benzene rings is 1. The lowest BCUT2D eigenvalue weighted by molar-refractivity contribution is -0.137. The molecular weight excluding hydrogens is 246 g/mol. The molecule has 0 bridgehead atoms. The van der Waals surface area contributed by atoms with Crippen LogP contribution in [-0.4, -0.2) is 25.6 Å². The Morgan fingerprint density at radius 3 is 2.37 bits per heavy atom. The van der Waals surface area contributed by atoms with Gasteiger partial charge < -0.3 is 4.74 Å². The van der Waals surface area contributed by atoms with Crippen LogP contribution in [0.15, 0.2) is 30.3 Å². The number of carbonyl (C=O) groups is 2. The second-order valence-corrected chi connectivity index (χ2v) is 3.67. The third-order valence-corrected chi connectivity index (χ3v) is 2.29. The molecule has 1 rings (SSSR count). The number of hydroxylamine groups is 1. The minimum absolute atomic E-state index is 0.211. The fourth-order valence-electron chi connectivity index (χ4n) is 1.49. The van der Waals surface area contributed by atoms with E-state index in [0.29, 0.717) is 12.3 Å². The van der Waals surface area contributed by atoms with E-state index in [4.69, 9.17) is 9.57 Å². The van der Waals surface area contributed by atoms with Crippen LogP contribution in [0.5, 0.6) is 0 Å². The average molecular weight is 263 g/mol. The normalized spacial score (nSPS) is 10.5. The van der Waals surface area contributed by atoms with Crippen molar-refractivity contribution in [2.45, 2.75) is 13.8 Å². The van der Waals surface area contributed by atoms with Crippen LogP contribution in [0.1, 0.15) is 19.4 Å². The molecule has 5 nitrogen and oxygen atoms in total. The number of nitrogens with zero attached hydrogens (tertiary/aromatic N) is 1. The van der Waals surface area contributed by atoms with E-state index in [0.717, 1.165) is 5.56 Å². The molecule has 0 heterocycles. The number of carbonyl (C=O) groups excluding carboxylic acids is 2. The molecule has 102 valence electrons. The van der Waals surface area contributed by atoms with Crippen molar-refractivity contribution < 1.29 is 19.2 Å². The summed E-state index contributed by atoms with van der Waals surface area (Å²) in [5.41, 5.74) is 1.46. The summed E-state index contributed by atoms with van der Waals surface area (Å²) >= 11 is 0. The molecule has 0 saturated heterocycles. The van der Waals surface area contributed by atoms with Crippen molar-refractivity contribution >= 4 is 23.6 Å². The number of hydrogen-bond donors (Lipinski definition) is 0. The smallest absolute Gasteiger partial charge is 0.330 e. The Bertz CT molecular complexity index is 465. The third kappa shape index (κ3) is 4.56. The van der Waals surface area contributed by atoms with Gasteiger partial charge in [0, 0.05) is 13.0 Å². The van der Waals surface area contributed by atoms with Crippen molar-refractivity contribution in [3.63, 3.8) is 0 Å². The molecule has 0 aliphatic heterocycles. The van der Waals surface area contributed by atoms with Crippen LogP contribution in [-0.2, 0) is 19.2 Å². The maximum absolute atomic E-state index is 11.3. The highest BCUT2D eigenvalue weighted by atomic mass is 16.7. The molecule has 1 amide bonds. The van der Waals surface area contributed by atoms with E-state index < -0.39 is 0 Å². The second kappa shape index (κ2) is 7.33. The minimum atomic E-state index is -0.381. The molecular formula is C14H17NO4. The highest BCUT2D eigenvalue weighted by molar-refractivity contribution is 5.90. The van der Waals surface area contributed by atoms with Crippen molar-refractivity contribution in [1.29, 1.82) is 0 Å². The Morgan fingerprint density at radius 2 is 1.89 bits per heavy atom. The molecule has 19 heavy (non-hydrogen) atoms. The summed E-state index contributed by atoms with van der Waals surface area (Å²) < 4.78 is 4.78. The number of ether oxygens (including phenoxy) is 1. The fourth-order valence-corrected chi connectivity index (χ4v) is 1.49. The topological polar surface area (TPSA) is 55.8 Å². The Balaban J connectivity index is 2.76. The van der Waals surface area contributed by atoms with Gasteiger partial charge in [-0.15, -0.1) is 0 Å². The zero-order valence-electron chi connectivity index (χ0n) is 11.3. The standard InChI is InChI=1S/C14H17NO4/c1-4-19-14(17)10-7-12-5-8-13(9-6-12)15(18-3)11(2)16/h5-10H,4H2,1-3H3. The molecule has 0 spiro atoms. The maximum atomic E-state index is 11.3. The fraction of sp³-hybridized carbons (Fsp3) is 0.286. The Hall–Kier alpha value is -2.14. The van der Waals surface area contributed by atoms with E-state index in [1.807, 2.05) is 0 Å². The average Bonchev–Trinajstić information content (AvgIpc) is 2.38. The van der Waals surface area contributed by atoms with Crippen LogP contribution in [0.4, 0.5) is 5.69 Å². The summed E-state index contributed by atoms with van der Waals surface area (Å²) in [6.07, 6.45) is 3.00. The molecule has 0 unspecified atom stereocenters. The molecule has 0 saturated carbocycles. The van der Waals surface area contributed by atoms with Crippen LogP contribution in [0.3, 0.4) is 0 Å². The number of anilines is 1. The van der Waals surface area contributed by atoms with E-state index in [9.17, 15) is 9.59 Å². The van der Waals surface area contributed by atoms with Gasteiger partial charge in [0.25, 0.3) is 0 Å². The van der Waals surface area contributed by atoms with E-state index in [2.05, 4.69) is 0 Å². The van der Waals surface area contributed by atoms with Crippen molar-refractivity contribution in [3.05, 3.63) is 35.9 Å². The Kier molecular flexibility index (Phi) is 5.75. The van der Waals surface area contributed by atoms with Gasteiger partial charge in [-0.1, -0.05) is 12.1 Å². The number of rotatable bonds is 5. The lowest BCUT2D eigenvalue weighted by Crippen LogP contribution is -2.26. The monoisotopic (exact) mass is 263 g/mol. The van der Waals surface area contributed by atoms with Gasteiger partial charge in [-0.2, -0.15) is 5.06 Å². The minimum Gasteiger partial charge on any atom is -0.463 e. The van der Waals surface area contributed by atoms with Crippen LogP contribution in [0, 0.1) is 0 Å². The molecule has 0 aromatic heterocycles. The van der Waals surface area contributed by atoms with E-state index >= 15 is 0 Å². The van der Waals surface area contributed by atoms with Crippen molar-refractivity contribution in [3.8, 4) is 0 Å². The summed E-state index contributed by atoms with van der Waals surface area (Å²) in [6.45, 7) is 3.52. The number of amides is 1. The van der Waals surface area contributed by atoms with Crippen LogP contribution in [0.2, 0.25) is 0 Å². The largest absolute Gasteiger partial charge is 0.463 e. The van der Waals surface area contributed by atoms with Gasteiger partial charge in [0.15, 0.2) is 0 Å². The summed E-state index contributed by atoms with van der Waals surface area (Å²) in [4.78, 5) is 27.4. The van der Waals surface area contributed by atoms with Crippen molar-refractivity contribution in [1.82, 2.24) is 0 Å². The number of esters is 1. The lowest BCUT2D eigenvalue weighted by atomic mass is 10.2. The third-order valence-electron chi connectivity index (χ3n) is 2.29. The first-order chi connectivity index (χ1) is 9.08. The number of hydrogen-bond acceptors (Lipinski definition) is 4. The second-order valence-electron chi connectivity index (χ2n) is 3.67. The molecule has 0 aliphatic rings. The Morgan fingerprint density at radius 1 is 1.26 bits per heavy atom. The van der Waals surface area contributed by atoms with Gasteiger partial charge in [-0.05, 0) is 30.7 Å². The first-order valence-corrected chi connectivity index (χ1v) is 5.88. The van der Waals surface area contributed by atoms with Crippen molar-refractivity contribution in [2.75, 3.05) is 18.8 Å². The first kappa shape index (κ1) is 14.9.